The van der Waals surface area contributed by atoms with Gasteiger partial charge in [-0.1, -0.05) is 18.2 Å². The monoisotopic (exact) mass is 288 g/mol. The first kappa shape index (κ1) is 17.0. The van der Waals surface area contributed by atoms with Crippen LogP contribution in [0.1, 0.15) is 38.8 Å². The molecule has 20 heavy (non-hydrogen) atoms. The number of alkyl halides is 3. The van der Waals surface area contributed by atoms with Crippen molar-refractivity contribution in [2.75, 3.05) is 6.54 Å². The minimum atomic E-state index is -4.28. The highest BCUT2D eigenvalue weighted by molar-refractivity contribution is 5.25. The molecule has 0 aliphatic heterocycles. The van der Waals surface area contributed by atoms with Crippen molar-refractivity contribution in [3.8, 4) is 0 Å². The van der Waals surface area contributed by atoms with Gasteiger partial charge >= 0.3 is 6.18 Å². The summed E-state index contributed by atoms with van der Waals surface area (Å²) in [5, 5.41) is 6.57. The van der Waals surface area contributed by atoms with Crippen molar-refractivity contribution in [3.63, 3.8) is 0 Å². The van der Waals surface area contributed by atoms with E-state index in [4.69, 9.17) is 0 Å². The van der Waals surface area contributed by atoms with Crippen molar-refractivity contribution in [1.29, 1.82) is 0 Å². The number of hydrogen-bond donors (Lipinski definition) is 2. The maximum absolute atomic E-state index is 12.6. The van der Waals surface area contributed by atoms with Gasteiger partial charge in [-0.05, 0) is 39.3 Å². The number of rotatable bonds is 5. The first-order valence-electron chi connectivity index (χ1n) is 6.72. The van der Waals surface area contributed by atoms with E-state index in [1.165, 1.54) is 12.1 Å². The van der Waals surface area contributed by atoms with E-state index in [1.54, 1.807) is 6.07 Å². The summed E-state index contributed by atoms with van der Waals surface area (Å²) in [5.74, 6) is 0. The van der Waals surface area contributed by atoms with E-state index < -0.39 is 11.7 Å². The van der Waals surface area contributed by atoms with E-state index >= 15 is 0 Å². The molecule has 0 spiro atoms. The molecule has 2 N–H and O–H groups in total. The summed E-state index contributed by atoms with van der Waals surface area (Å²) >= 11 is 0. The largest absolute Gasteiger partial charge is 0.416 e. The quantitative estimate of drug-likeness (QED) is 0.865. The fraction of sp³-hybridized carbons (Fsp3) is 0.600. The van der Waals surface area contributed by atoms with Crippen LogP contribution in [0.25, 0.3) is 0 Å². The van der Waals surface area contributed by atoms with Crippen molar-refractivity contribution >= 4 is 0 Å². The topological polar surface area (TPSA) is 24.1 Å². The Kier molecular flexibility index (Phi) is 5.59. The van der Waals surface area contributed by atoms with Gasteiger partial charge in [-0.2, -0.15) is 13.2 Å². The van der Waals surface area contributed by atoms with Crippen molar-refractivity contribution in [3.05, 3.63) is 35.4 Å². The molecule has 5 heteroatoms. The van der Waals surface area contributed by atoms with E-state index in [0.717, 1.165) is 12.6 Å². The molecule has 0 bridgehead atoms. The lowest BCUT2D eigenvalue weighted by molar-refractivity contribution is -0.137. The average molecular weight is 288 g/mol. The molecule has 0 amide bonds. The van der Waals surface area contributed by atoms with Gasteiger partial charge in [0.15, 0.2) is 0 Å². The predicted octanol–water partition coefficient (Wildman–Crippen LogP) is 3.57. The second kappa shape index (κ2) is 6.59. The van der Waals surface area contributed by atoms with Gasteiger partial charge in [0.05, 0.1) is 5.56 Å². The van der Waals surface area contributed by atoms with E-state index in [1.807, 2.05) is 6.92 Å². The Morgan fingerprint density at radius 2 is 1.80 bits per heavy atom. The summed E-state index contributed by atoms with van der Waals surface area (Å²) < 4.78 is 37.8. The zero-order valence-electron chi connectivity index (χ0n) is 12.4. The van der Waals surface area contributed by atoms with E-state index in [-0.39, 0.29) is 11.6 Å². The Balaban J connectivity index is 2.50. The van der Waals surface area contributed by atoms with Crippen molar-refractivity contribution in [1.82, 2.24) is 10.6 Å². The molecule has 2 nitrogen and oxygen atoms in total. The highest BCUT2D eigenvalue weighted by Gasteiger charge is 2.30. The fourth-order valence-electron chi connectivity index (χ4n) is 1.68. The van der Waals surface area contributed by atoms with Crippen LogP contribution in [0.5, 0.6) is 0 Å². The van der Waals surface area contributed by atoms with Gasteiger partial charge in [0.25, 0.3) is 0 Å². The van der Waals surface area contributed by atoms with Crippen LogP contribution >= 0.6 is 0 Å². The first-order chi connectivity index (χ1) is 9.08. The summed E-state index contributed by atoms with van der Waals surface area (Å²) in [6.45, 7) is 9.43. The lowest BCUT2D eigenvalue weighted by atomic mass is 10.1. The van der Waals surface area contributed by atoms with Crippen LogP contribution in [-0.4, -0.2) is 18.1 Å². The van der Waals surface area contributed by atoms with Crippen LogP contribution in [0.4, 0.5) is 13.2 Å². The second-order valence-electron chi connectivity index (χ2n) is 6.11. The molecule has 1 aromatic carbocycles. The minimum absolute atomic E-state index is 0.0339. The van der Waals surface area contributed by atoms with Gasteiger partial charge < -0.3 is 10.6 Å². The second-order valence-corrected chi connectivity index (χ2v) is 6.11. The Bertz CT molecular complexity index is 422. The van der Waals surface area contributed by atoms with Crippen LogP contribution in [0, 0.1) is 0 Å². The van der Waals surface area contributed by atoms with E-state index in [0.29, 0.717) is 12.1 Å². The molecule has 0 aliphatic carbocycles. The van der Waals surface area contributed by atoms with E-state index in [9.17, 15) is 13.2 Å². The third-order valence-corrected chi connectivity index (χ3v) is 2.85. The number of hydrogen-bond acceptors (Lipinski definition) is 2. The number of nitrogens with one attached hydrogen (secondary N) is 2. The van der Waals surface area contributed by atoms with Crippen LogP contribution in [-0.2, 0) is 12.7 Å². The molecule has 0 radical (unpaired) electrons. The lowest BCUT2D eigenvalue weighted by Gasteiger charge is -2.24. The third kappa shape index (κ3) is 6.39. The zero-order valence-corrected chi connectivity index (χ0v) is 12.4. The zero-order chi connectivity index (χ0) is 15.4. The standard InChI is InChI=1S/C15H23F3N2/c1-11(9-20-14(2,3)4)19-10-12-6-5-7-13(8-12)15(16,17)18/h5-8,11,19-20H,9-10H2,1-4H3. The first-order valence-corrected chi connectivity index (χ1v) is 6.72. The smallest absolute Gasteiger partial charge is 0.311 e. The molecule has 0 aromatic heterocycles. The van der Waals surface area contributed by atoms with Crippen LogP contribution in [0.3, 0.4) is 0 Å². The molecule has 0 fully saturated rings. The minimum Gasteiger partial charge on any atom is -0.311 e. The lowest BCUT2D eigenvalue weighted by Crippen LogP contribution is -2.44. The Morgan fingerprint density at radius 1 is 1.15 bits per heavy atom. The normalized spacial score (nSPS) is 14.3. The molecular formula is C15H23F3N2. The van der Waals surface area contributed by atoms with Gasteiger partial charge in [0.1, 0.15) is 0 Å². The van der Waals surface area contributed by atoms with Gasteiger partial charge in [-0.3, -0.25) is 0 Å². The molecule has 0 heterocycles. The Labute approximate surface area is 118 Å². The molecule has 1 aromatic rings. The molecule has 0 aliphatic rings. The molecular weight excluding hydrogens is 265 g/mol. The SMILES string of the molecule is CC(CNC(C)(C)C)NCc1cccc(C(F)(F)F)c1. The Morgan fingerprint density at radius 3 is 2.35 bits per heavy atom. The van der Waals surface area contributed by atoms with Crippen molar-refractivity contribution in [2.45, 2.75) is 52.0 Å². The fourth-order valence-corrected chi connectivity index (χ4v) is 1.68. The van der Waals surface area contributed by atoms with Crippen LogP contribution in [0.2, 0.25) is 0 Å². The van der Waals surface area contributed by atoms with Gasteiger partial charge in [-0.15, -0.1) is 0 Å². The molecule has 1 rings (SSSR count). The summed E-state index contributed by atoms with van der Waals surface area (Å²) in [7, 11) is 0. The summed E-state index contributed by atoms with van der Waals surface area (Å²) in [6, 6.07) is 5.61. The van der Waals surface area contributed by atoms with Crippen LogP contribution in [0.15, 0.2) is 24.3 Å². The highest BCUT2D eigenvalue weighted by atomic mass is 19.4. The van der Waals surface area contributed by atoms with Gasteiger partial charge in [-0.25, -0.2) is 0 Å². The Hall–Kier alpha value is -1.07. The van der Waals surface area contributed by atoms with Gasteiger partial charge in [0.2, 0.25) is 0 Å². The van der Waals surface area contributed by atoms with Crippen LogP contribution < -0.4 is 10.6 Å². The third-order valence-electron chi connectivity index (χ3n) is 2.85. The number of halogens is 3. The molecule has 1 unspecified atom stereocenters. The molecule has 0 saturated heterocycles. The maximum atomic E-state index is 12.6. The highest BCUT2D eigenvalue weighted by Crippen LogP contribution is 2.29. The summed E-state index contributed by atoms with van der Waals surface area (Å²) in [5.41, 5.74) is 0.0753. The molecule has 114 valence electrons. The average Bonchev–Trinajstić information content (AvgIpc) is 2.32. The summed E-state index contributed by atoms with van der Waals surface area (Å²) in [6.07, 6.45) is -4.28. The predicted molar refractivity (Wildman–Crippen MR) is 75.5 cm³/mol. The van der Waals surface area contributed by atoms with Crippen molar-refractivity contribution < 1.29 is 13.2 Å². The number of benzene rings is 1. The van der Waals surface area contributed by atoms with Crippen molar-refractivity contribution in [2.24, 2.45) is 0 Å². The molecule has 1 atom stereocenters. The maximum Gasteiger partial charge on any atom is 0.416 e. The van der Waals surface area contributed by atoms with E-state index in [2.05, 4.69) is 31.4 Å². The van der Waals surface area contributed by atoms with Gasteiger partial charge in [0, 0.05) is 24.7 Å². The summed E-state index contributed by atoms with van der Waals surface area (Å²) in [4.78, 5) is 0. The molecule has 0 saturated carbocycles.